The third-order valence-corrected chi connectivity index (χ3v) is 3.53. The molecule has 0 aliphatic heterocycles. The van der Waals surface area contributed by atoms with Crippen LogP contribution in [0.2, 0.25) is 5.28 Å². The molecule has 0 saturated heterocycles. The van der Waals surface area contributed by atoms with Gasteiger partial charge in [-0.3, -0.25) is 4.57 Å². The zero-order valence-corrected chi connectivity index (χ0v) is 8.91. The highest BCUT2D eigenvalue weighted by Crippen LogP contribution is 2.44. The first-order valence-electron chi connectivity index (χ1n) is 4.68. The molecule has 1 aliphatic carbocycles. The molecule has 1 aliphatic rings. The third kappa shape index (κ3) is 1.26. The van der Waals surface area contributed by atoms with E-state index in [1.807, 2.05) is 11.5 Å². The highest BCUT2D eigenvalue weighted by molar-refractivity contribution is 6.28. The van der Waals surface area contributed by atoms with Gasteiger partial charge in [0.05, 0.1) is 0 Å². The first kappa shape index (κ1) is 9.00. The molecule has 4 heteroatoms. The van der Waals surface area contributed by atoms with Crippen LogP contribution in [0.15, 0.2) is 0 Å². The molecule has 0 amide bonds. The standard InChI is InChI=1S/C9H14ClN3/c1-5-4-8(6(5)2)13-7(3)11-12-9(13)10/h5-6,8H,4H2,1-3H3. The molecule has 1 saturated carbocycles. The predicted octanol–water partition coefficient (Wildman–Crippen LogP) is 2.46. The quantitative estimate of drug-likeness (QED) is 0.696. The van der Waals surface area contributed by atoms with Gasteiger partial charge in [0, 0.05) is 6.04 Å². The van der Waals surface area contributed by atoms with Gasteiger partial charge in [0.2, 0.25) is 5.28 Å². The van der Waals surface area contributed by atoms with E-state index in [2.05, 4.69) is 24.0 Å². The minimum Gasteiger partial charge on any atom is -0.299 e. The zero-order valence-electron chi connectivity index (χ0n) is 8.16. The Hall–Kier alpha value is -0.570. The molecule has 1 aromatic rings. The largest absolute Gasteiger partial charge is 0.299 e. The van der Waals surface area contributed by atoms with E-state index in [4.69, 9.17) is 11.6 Å². The van der Waals surface area contributed by atoms with Crippen molar-refractivity contribution in [2.45, 2.75) is 33.2 Å². The predicted molar refractivity (Wildman–Crippen MR) is 51.8 cm³/mol. The molecule has 0 spiro atoms. The van der Waals surface area contributed by atoms with E-state index in [9.17, 15) is 0 Å². The van der Waals surface area contributed by atoms with Crippen LogP contribution in [0.3, 0.4) is 0 Å². The van der Waals surface area contributed by atoms with Crippen molar-refractivity contribution in [3.05, 3.63) is 11.1 Å². The highest BCUT2D eigenvalue weighted by Gasteiger charge is 2.37. The molecule has 0 aromatic carbocycles. The van der Waals surface area contributed by atoms with Crippen LogP contribution < -0.4 is 0 Å². The van der Waals surface area contributed by atoms with Crippen LogP contribution in [-0.2, 0) is 0 Å². The maximum Gasteiger partial charge on any atom is 0.225 e. The summed E-state index contributed by atoms with van der Waals surface area (Å²) in [7, 11) is 0. The van der Waals surface area contributed by atoms with Gasteiger partial charge in [-0.25, -0.2) is 0 Å². The van der Waals surface area contributed by atoms with Gasteiger partial charge < -0.3 is 0 Å². The Morgan fingerprint density at radius 1 is 1.38 bits per heavy atom. The van der Waals surface area contributed by atoms with Crippen LogP contribution >= 0.6 is 11.6 Å². The molecule has 1 fully saturated rings. The Morgan fingerprint density at radius 3 is 2.46 bits per heavy atom. The summed E-state index contributed by atoms with van der Waals surface area (Å²) in [6, 6.07) is 0.512. The van der Waals surface area contributed by atoms with Crippen molar-refractivity contribution < 1.29 is 0 Å². The van der Waals surface area contributed by atoms with Crippen molar-refractivity contribution in [2.24, 2.45) is 11.8 Å². The number of hydrogen-bond donors (Lipinski definition) is 0. The van der Waals surface area contributed by atoms with Crippen molar-refractivity contribution >= 4 is 11.6 Å². The lowest BCUT2D eigenvalue weighted by Gasteiger charge is -2.41. The van der Waals surface area contributed by atoms with Crippen LogP contribution in [0.1, 0.15) is 32.1 Å². The van der Waals surface area contributed by atoms with E-state index in [-0.39, 0.29) is 0 Å². The summed E-state index contributed by atoms with van der Waals surface area (Å²) in [5.41, 5.74) is 0. The molecular formula is C9H14ClN3. The SMILES string of the molecule is Cc1nnc(Cl)n1C1CC(C)C1C. The van der Waals surface area contributed by atoms with E-state index < -0.39 is 0 Å². The Kier molecular flexibility index (Phi) is 2.06. The van der Waals surface area contributed by atoms with Gasteiger partial charge in [-0.1, -0.05) is 13.8 Å². The van der Waals surface area contributed by atoms with Crippen LogP contribution in [0.25, 0.3) is 0 Å². The lowest BCUT2D eigenvalue weighted by Crippen LogP contribution is -2.35. The first-order chi connectivity index (χ1) is 6.11. The number of halogens is 1. The molecule has 0 N–H and O–H groups in total. The lowest BCUT2D eigenvalue weighted by atomic mass is 9.71. The molecule has 3 unspecified atom stereocenters. The topological polar surface area (TPSA) is 30.7 Å². The molecule has 2 rings (SSSR count). The summed E-state index contributed by atoms with van der Waals surface area (Å²) in [6.07, 6.45) is 1.19. The number of hydrogen-bond acceptors (Lipinski definition) is 2. The van der Waals surface area contributed by atoms with E-state index >= 15 is 0 Å². The summed E-state index contributed by atoms with van der Waals surface area (Å²) in [5, 5.41) is 8.35. The van der Waals surface area contributed by atoms with Crippen LogP contribution in [0, 0.1) is 18.8 Å². The van der Waals surface area contributed by atoms with Crippen molar-refractivity contribution in [2.75, 3.05) is 0 Å². The van der Waals surface area contributed by atoms with Crippen molar-refractivity contribution in [1.82, 2.24) is 14.8 Å². The molecule has 1 heterocycles. The molecule has 3 atom stereocenters. The Labute approximate surface area is 83.1 Å². The highest BCUT2D eigenvalue weighted by atomic mass is 35.5. The number of aryl methyl sites for hydroxylation is 1. The summed E-state index contributed by atoms with van der Waals surface area (Å²) in [4.78, 5) is 0. The minimum absolute atomic E-state index is 0.512. The lowest BCUT2D eigenvalue weighted by molar-refractivity contribution is 0.110. The molecule has 3 nitrogen and oxygen atoms in total. The normalized spacial score (nSPS) is 33.1. The zero-order chi connectivity index (χ0) is 9.59. The minimum atomic E-state index is 0.512. The maximum absolute atomic E-state index is 5.95. The second kappa shape index (κ2) is 2.98. The first-order valence-corrected chi connectivity index (χ1v) is 5.06. The van der Waals surface area contributed by atoms with Crippen molar-refractivity contribution in [3.63, 3.8) is 0 Å². The van der Waals surface area contributed by atoms with Gasteiger partial charge in [0.15, 0.2) is 0 Å². The van der Waals surface area contributed by atoms with Crippen molar-refractivity contribution in [3.8, 4) is 0 Å². The Morgan fingerprint density at radius 2 is 2.08 bits per heavy atom. The number of rotatable bonds is 1. The Balaban J connectivity index is 2.27. The van der Waals surface area contributed by atoms with Crippen LogP contribution in [0.5, 0.6) is 0 Å². The fourth-order valence-corrected chi connectivity index (χ4v) is 2.34. The van der Waals surface area contributed by atoms with Crippen molar-refractivity contribution in [1.29, 1.82) is 0 Å². The molecule has 0 bridgehead atoms. The monoisotopic (exact) mass is 199 g/mol. The summed E-state index contributed by atoms with van der Waals surface area (Å²) < 4.78 is 2.05. The fourth-order valence-electron chi connectivity index (χ4n) is 2.05. The smallest absolute Gasteiger partial charge is 0.225 e. The molecule has 0 radical (unpaired) electrons. The Bertz CT molecular complexity index is 301. The van der Waals surface area contributed by atoms with Gasteiger partial charge in [0.1, 0.15) is 5.82 Å². The van der Waals surface area contributed by atoms with E-state index in [1.165, 1.54) is 6.42 Å². The third-order valence-electron chi connectivity index (χ3n) is 3.27. The molecule has 13 heavy (non-hydrogen) atoms. The number of aromatic nitrogens is 3. The number of nitrogens with zero attached hydrogens (tertiary/aromatic N) is 3. The van der Waals surface area contributed by atoms with Gasteiger partial charge >= 0.3 is 0 Å². The van der Waals surface area contributed by atoms with E-state index in [0.29, 0.717) is 17.2 Å². The summed E-state index contributed by atoms with van der Waals surface area (Å²) in [6.45, 7) is 6.48. The average Bonchev–Trinajstić information content (AvgIpc) is 2.42. The molecular weight excluding hydrogens is 186 g/mol. The summed E-state index contributed by atoms with van der Waals surface area (Å²) >= 11 is 5.95. The van der Waals surface area contributed by atoms with E-state index in [0.717, 1.165) is 11.7 Å². The van der Waals surface area contributed by atoms with Gasteiger partial charge in [0.25, 0.3) is 0 Å². The molecule has 1 aromatic heterocycles. The van der Waals surface area contributed by atoms with Gasteiger partial charge in [-0.2, -0.15) is 0 Å². The summed E-state index contributed by atoms with van der Waals surface area (Å²) in [5.74, 6) is 2.41. The molecule has 72 valence electrons. The average molecular weight is 200 g/mol. The maximum atomic E-state index is 5.95. The van der Waals surface area contributed by atoms with Gasteiger partial charge in [-0.05, 0) is 36.8 Å². The fraction of sp³-hybridized carbons (Fsp3) is 0.778. The second-order valence-electron chi connectivity index (χ2n) is 4.03. The van der Waals surface area contributed by atoms with Crippen LogP contribution in [-0.4, -0.2) is 14.8 Å². The van der Waals surface area contributed by atoms with E-state index in [1.54, 1.807) is 0 Å². The second-order valence-corrected chi connectivity index (χ2v) is 4.36. The van der Waals surface area contributed by atoms with Gasteiger partial charge in [-0.15, -0.1) is 10.2 Å². The van der Waals surface area contributed by atoms with Crippen LogP contribution in [0.4, 0.5) is 0 Å².